The molecule has 0 aromatic carbocycles. The zero-order chi connectivity index (χ0) is 19.0. The van der Waals surface area contributed by atoms with Crippen molar-refractivity contribution in [1.82, 2.24) is 0 Å². The first-order chi connectivity index (χ1) is 12.0. The molecule has 0 aliphatic heterocycles. The van der Waals surface area contributed by atoms with Crippen molar-refractivity contribution in [3.63, 3.8) is 0 Å². The van der Waals surface area contributed by atoms with Crippen LogP contribution in [0.2, 0.25) is 0 Å². The van der Waals surface area contributed by atoms with Crippen molar-refractivity contribution in [2.45, 2.75) is 89.7 Å². The van der Waals surface area contributed by atoms with Gasteiger partial charge in [-0.05, 0) is 13.3 Å². The third-order valence-electron chi connectivity index (χ3n) is 4.22. The molecule has 0 aliphatic rings. The molecule has 0 bridgehead atoms. The van der Waals surface area contributed by atoms with Crippen LogP contribution in [0.25, 0.3) is 0 Å². The molecule has 0 fully saturated rings. The summed E-state index contributed by atoms with van der Waals surface area (Å²) in [5.41, 5.74) is 4.56. The maximum atomic E-state index is 12.1. The third-order valence-corrected chi connectivity index (χ3v) is 4.99. The van der Waals surface area contributed by atoms with Crippen LogP contribution in [-0.4, -0.2) is 35.1 Å². The summed E-state index contributed by atoms with van der Waals surface area (Å²) in [7, 11) is 0. The van der Waals surface area contributed by atoms with Crippen molar-refractivity contribution in [3.05, 3.63) is 0 Å². The SMILES string of the molecule is CCCCCCCCCCCC(O)C(N)(CSOON)C(=O)OCC. The first-order valence-corrected chi connectivity index (χ1v) is 10.2. The summed E-state index contributed by atoms with van der Waals surface area (Å²) < 4.78 is 9.49. The number of unbranched alkanes of at least 4 members (excludes halogenated alkanes) is 8. The minimum absolute atomic E-state index is 0.0123. The summed E-state index contributed by atoms with van der Waals surface area (Å²) in [5, 5.41) is 10.4. The Labute approximate surface area is 156 Å². The van der Waals surface area contributed by atoms with Gasteiger partial charge in [0.05, 0.1) is 18.5 Å². The Morgan fingerprint density at radius 1 is 1.08 bits per heavy atom. The Balaban J connectivity index is 4.12. The number of ether oxygens (including phenoxy) is 1. The molecule has 0 aliphatic carbocycles. The molecule has 0 radical (unpaired) electrons. The van der Waals surface area contributed by atoms with E-state index < -0.39 is 17.6 Å². The molecule has 2 unspecified atom stereocenters. The minimum Gasteiger partial charge on any atom is -0.465 e. The average molecular weight is 381 g/mol. The van der Waals surface area contributed by atoms with Gasteiger partial charge in [-0.1, -0.05) is 64.7 Å². The highest BCUT2D eigenvalue weighted by atomic mass is 32.2. The highest BCUT2D eigenvalue weighted by Gasteiger charge is 2.43. The largest absolute Gasteiger partial charge is 0.465 e. The normalized spacial score (nSPS) is 14.9. The van der Waals surface area contributed by atoms with Crippen LogP contribution in [0.15, 0.2) is 0 Å². The zero-order valence-corrected chi connectivity index (χ0v) is 16.5. The molecule has 0 heterocycles. The Morgan fingerprint density at radius 2 is 1.64 bits per heavy atom. The van der Waals surface area contributed by atoms with E-state index in [0.717, 1.165) is 31.3 Å². The van der Waals surface area contributed by atoms with E-state index in [0.29, 0.717) is 6.42 Å². The van der Waals surface area contributed by atoms with Gasteiger partial charge in [0.2, 0.25) is 0 Å². The number of carbonyl (C=O) groups excluding carboxylic acids is 1. The van der Waals surface area contributed by atoms with Gasteiger partial charge < -0.3 is 15.6 Å². The molecule has 25 heavy (non-hydrogen) atoms. The Bertz CT molecular complexity index is 336. The molecule has 150 valence electrons. The van der Waals surface area contributed by atoms with Crippen LogP contribution in [-0.2, 0) is 18.9 Å². The van der Waals surface area contributed by atoms with Crippen molar-refractivity contribution in [2.24, 2.45) is 11.6 Å². The topological polar surface area (TPSA) is 117 Å². The van der Waals surface area contributed by atoms with Crippen molar-refractivity contribution in [1.29, 1.82) is 0 Å². The second-order valence-corrected chi connectivity index (χ2v) is 6.98. The Kier molecular flexibility index (Phi) is 15.6. The summed E-state index contributed by atoms with van der Waals surface area (Å²) in [6.45, 7) is 4.10. The van der Waals surface area contributed by atoms with E-state index in [9.17, 15) is 9.90 Å². The molecule has 2 atom stereocenters. The lowest BCUT2D eigenvalue weighted by molar-refractivity contribution is -0.195. The number of nitrogens with two attached hydrogens (primary N) is 2. The molecule has 0 saturated carbocycles. The summed E-state index contributed by atoms with van der Waals surface area (Å²) in [4.78, 5) is 16.1. The molecule has 8 heteroatoms. The van der Waals surface area contributed by atoms with Gasteiger partial charge in [-0.3, -0.25) is 0 Å². The number of carbonyl (C=O) groups is 1. The predicted octanol–water partition coefficient (Wildman–Crippen LogP) is 3.00. The van der Waals surface area contributed by atoms with E-state index in [-0.39, 0.29) is 12.4 Å². The zero-order valence-electron chi connectivity index (χ0n) is 15.7. The van der Waals surface area contributed by atoms with E-state index >= 15 is 0 Å². The van der Waals surface area contributed by atoms with E-state index in [1.165, 1.54) is 38.5 Å². The quantitative estimate of drug-likeness (QED) is 0.116. The number of rotatable bonds is 17. The standard InChI is InChI=1S/C17H36N2O5S/c1-3-5-6-7-8-9-10-11-12-13-15(20)17(18,14-25-24-23-19)16(21)22-4-2/h15,20H,3-14,18-19H2,1-2H3. The second-order valence-electron chi connectivity index (χ2n) is 6.32. The summed E-state index contributed by atoms with van der Waals surface area (Å²) in [6.07, 6.45) is 10.1. The highest BCUT2D eigenvalue weighted by molar-refractivity contribution is 7.94. The molecule has 0 rings (SSSR count). The molecular formula is C17H36N2O5S. The summed E-state index contributed by atoms with van der Waals surface area (Å²) >= 11 is 0.766. The van der Waals surface area contributed by atoms with E-state index in [1.807, 2.05) is 0 Å². The first-order valence-electron chi connectivity index (χ1n) is 9.32. The summed E-state index contributed by atoms with van der Waals surface area (Å²) in [5.74, 6) is 4.11. The minimum atomic E-state index is -1.54. The smallest absolute Gasteiger partial charge is 0.329 e. The lowest BCUT2D eigenvalue weighted by Crippen LogP contribution is -2.60. The van der Waals surface area contributed by atoms with E-state index in [1.54, 1.807) is 6.92 Å². The fraction of sp³-hybridized carbons (Fsp3) is 0.941. The maximum absolute atomic E-state index is 12.1. The van der Waals surface area contributed by atoms with Crippen LogP contribution in [0.5, 0.6) is 0 Å². The lowest BCUT2D eigenvalue weighted by Gasteiger charge is -2.31. The van der Waals surface area contributed by atoms with Gasteiger partial charge in [-0.2, -0.15) is 5.90 Å². The van der Waals surface area contributed by atoms with Gasteiger partial charge in [0, 0.05) is 12.0 Å². The molecule has 0 aromatic rings. The fourth-order valence-corrected chi connectivity index (χ4v) is 3.22. The molecule has 0 aromatic heterocycles. The van der Waals surface area contributed by atoms with Gasteiger partial charge in [0.1, 0.15) is 0 Å². The second kappa shape index (κ2) is 15.8. The van der Waals surface area contributed by atoms with E-state index in [2.05, 4.69) is 16.2 Å². The van der Waals surface area contributed by atoms with Crippen LogP contribution in [0.3, 0.4) is 0 Å². The van der Waals surface area contributed by atoms with Crippen molar-refractivity contribution in [2.75, 3.05) is 12.4 Å². The van der Waals surface area contributed by atoms with Crippen molar-refractivity contribution >= 4 is 18.0 Å². The highest BCUT2D eigenvalue weighted by Crippen LogP contribution is 2.22. The van der Waals surface area contributed by atoms with E-state index in [4.69, 9.17) is 16.4 Å². The lowest BCUT2D eigenvalue weighted by atomic mass is 9.91. The van der Waals surface area contributed by atoms with Crippen molar-refractivity contribution in [3.8, 4) is 0 Å². The third kappa shape index (κ3) is 11.0. The number of hydrogen-bond acceptors (Lipinski definition) is 8. The van der Waals surface area contributed by atoms with Crippen LogP contribution >= 0.6 is 12.0 Å². The summed E-state index contributed by atoms with van der Waals surface area (Å²) in [6, 6.07) is 0. The predicted molar refractivity (Wildman–Crippen MR) is 100 cm³/mol. The maximum Gasteiger partial charge on any atom is 0.329 e. The van der Waals surface area contributed by atoms with Gasteiger partial charge in [0.25, 0.3) is 0 Å². The average Bonchev–Trinajstić information content (AvgIpc) is 2.60. The molecule has 0 saturated heterocycles. The number of aliphatic hydroxyl groups excluding tert-OH is 1. The molecular weight excluding hydrogens is 344 g/mol. The van der Waals surface area contributed by atoms with Crippen LogP contribution in [0.4, 0.5) is 0 Å². The van der Waals surface area contributed by atoms with Gasteiger partial charge in [-0.15, -0.1) is 9.32 Å². The number of aliphatic hydroxyl groups is 1. The fourth-order valence-electron chi connectivity index (χ4n) is 2.61. The first kappa shape index (κ1) is 24.6. The molecule has 0 spiro atoms. The van der Waals surface area contributed by atoms with Crippen LogP contribution in [0.1, 0.15) is 78.1 Å². The van der Waals surface area contributed by atoms with Gasteiger partial charge in [-0.25, -0.2) is 4.79 Å². The number of esters is 1. The molecule has 0 amide bonds. The monoisotopic (exact) mass is 380 g/mol. The Hall–Kier alpha value is -0.380. The van der Waals surface area contributed by atoms with Crippen LogP contribution in [0, 0.1) is 0 Å². The number of hydrogen-bond donors (Lipinski definition) is 3. The molecule has 7 nitrogen and oxygen atoms in total. The Morgan fingerprint density at radius 3 is 2.16 bits per heavy atom. The van der Waals surface area contributed by atoms with Gasteiger partial charge in [0.15, 0.2) is 5.54 Å². The van der Waals surface area contributed by atoms with Crippen molar-refractivity contribution < 1.29 is 24.0 Å². The van der Waals surface area contributed by atoms with Crippen LogP contribution < -0.4 is 11.6 Å². The van der Waals surface area contributed by atoms with Gasteiger partial charge >= 0.3 is 5.97 Å². The molecule has 5 N–H and O–H groups in total.